The minimum atomic E-state index is -0.973. The van der Waals surface area contributed by atoms with Gasteiger partial charge in [0.15, 0.2) is 0 Å². The number of carboxylic acid groups (broad SMARTS) is 1. The maximum absolute atomic E-state index is 12.1. The van der Waals surface area contributed by atoms with E-state index in [4.69, 9.17) is 4.74 Å². The quantitative estimate of drug-likeness (QED) is 0.801. The molecule has 24 heavy (non-hydrogen) atoms. The first-order chi connectivity index (χ1) is 11.1. The van der Waals surface area contributed by atoms with E-state index in [9.17, 15) is 14.7 Å². The summed E-state index contributed by atoms with van der Waals surface area (Å²) in [7, 11) is 0. The highest BCUT2D eigenvalue weighted by Crippen LogP contribution is 2.29. The van der Waals surface area contributed by atoms with Gasteiger partial charge in [-0.15, -0.1) is 12.6 Å². The number of carboxylic acids is 1. The molecule has 0 aliphatic carbocycles. The van der Waals surface area contributed by atoms with Gasteiger partial charge in [0.2, 0.25) is 0 Å². The largest absolute Gasteiger partial charge is 0.478 e. The van der Waals surface area contributed by atoms with Crippen molar-refractivity contribution >= 4 is 30.4 Å². The molecule has 1 heterocycles. The van der Waals surface area contributed by atoms with E-state index in [1.54, 1.807) is 17.0 Å². The van der Waals surface area contributed by atoms with E-state index in [1.165, 1.54) is 0 Å². The summed E-state index contributed by atoms with van der Waals surface area (Å²) in [4.78, 5) is 27.8. The average molecular weight is 352 g/mol. The Morgan fingerprint density at radius 3 is 2.25 bits per heavy atom. The number of carbonyl (C=O) groups is 2. The predicted molar refractivity (Wildman–Crippen MR) is 95.4 cm³/mol. The Morgan fingerprint density at radius 1 is 1.17 bits per heavy atom. The van der Waals surface area contributed by atoms with E-state index >= 15 is 0 Å². The first-order valence-electron chi connectivity index (χ1n) is 7.88. The number of piperazine rings is 1. The molecule has 1 aliphatic heterocycles. The van der Waals surface area contributed by atoms with Crippen molar-refractivity contribution in [3.8, 4) is 0 Å². The van der Waals surface area contributed by atoms with Gasteiger partial charge in [0.1, 0.15) is 5.60 Å². The van der Waals surface area contributed by atoms with Crippen molar-refractivity contribution in [3.63, 3.8) is 0 Å². The monoisotopic (exact) mass is 352 g/mol. The fourth-order valence-corrected chi connectivity index (χ4v) is 2.85. The van der Waals surface area contributed by atoms with Crippen LogP contribution in [0.2, 0.25) is 0 Å². The maximum Gasteiger partial charge on any atom is 0.410 e. The zero-order valence-corrected chi connectivity index (χ0v) is 15.4. The molecule has 7 heteroatoms. The molecule has 0 radical (unpaired) electrons. The number of benzene rings is 1. The Kier molecular flexibility index (Phi) is 5.32. The molecule has 2 rings (SSSR count). The number of hydrogen-bond donors (Lipinski definition) is 2. The molecule has 1 aromatic carbocycles. The number of nitrogens with zero attached hydrogens (tertiary/aromatic N) is 2. The number of thiol groups is 1. The Morgan fingerprint density at radius 2 is 1.75 bits per heavy atom. The van der Waals surface area contributed by atoms with Crippen molar-refractivity contribution in [2.24, 2.45) is 0 Å². The van der Waals surface area contributed by atoms with Crippen LogP contribution in [-0.4, -0.2) is 53.8 Å². The molecular weight excluding hydrogens is 328 g/mol. The molecule has 0 saturated carbocycles. The van der Waals surface area contributed by atoms with Crippen molar-refractivity contribution in [3.05, 3.63) is 23.3 Å². The van der Waals surface area contributed by atoms with Gasteiger partial charge >= 0.3 is 12.1 Å². The van der Waals surface area contributed by atoms with Crippen LogP contribution in [0.3, 0.4) is 0 Å². The highest BCUT2D eigenvalue weighted by molar-refractivity contribution is 7.80. The second kappa shape index (κ2) is 6.93. The van der Waals surface area contributed by atoms with Crippen molar-refractivity contribution in [2.45, 2.75) is 38.2 Å². The van der Waals surface area contributed by atoms with Crippen molar-refractivity contribution in [1.82, 2.24) is 4.90 Å². The molecule has 1 fully saturated rings. The number of amides is 1. The lowest BCUT2D eigenvalue weighted by Crippen LogP contribution is -2.50. The number of aromatic carboxylic acids is 1. The molecule has 1 amide bonds. The van der Waals surface area contributed by atoms with Gasteiger partial charge < -0.3 is 19.6 Å². The molecule has 0 bridgehead atoms. The molecule has 0 atom stereocenters. The van der Waals surface area contributed by atoms with Gasteiger partial charge in [-0.25, -0.2) is 9.59 Å². The van der Waals surface area contributed by atoms with Crippen molar-refractivity contribution in [1.29, 1.82) is 0 Å². The summed E-state index contributed by atoms with van der Waals surface area (Å²) in [6.45, 7) is 9.76. The zero-order chi connectivity index (χ0) is 18.1. The molecule has 0 spiro atoms. The first kappa shape index (κ1) is 18.4. The van der Waals surface area contributed by atoms with E-state index in [2.05, 4.69) is 17.5 Å². The van der Waals surface area contributed by atoms with E-state index in [0.717, 1.165) is 11.3 Å². The highest BCUT2D eigenvalue weighted by atomic mass is 32.1. The molecule has 1 aliphatic rings. The lowest BCUT2D eigenvalue weighted by Gasteiger charge is -2.37. The summed E-state index contributed by atoms with van der Waals surface area (Å²) in [6, 6.07) is 3.22. The van der Waals surface area contributed by atoms with Crippen LogP contribution in [0, 0.1) is 6.92 Å². The number of anilines is 1. The third-order valence-corrected chi connectivity index (χ3v) is 4.34. The zero-order valence-electron chi connectivity index (χ0n) is 14.5. The Hall–Kier alpha value is -1.89. The Bertz CT molecular complexity index is 647. The molecule has 0 aromatic heterocycles. The third kappa shape index (κ3) is 4.35. The topological polar surface area (TPSA) is 70.1 Å². The van der Waals surface area contributed by atoms with Gasteiger partial charge in [-0.1, -0.05) is 0 Å². The van der Waals surface area contributed by atoms with Crippen LogP contribution in [-0.2, 0) is 4.74 Å². The normalized spacial score (nSPS) is 15.4. The van der Waals surface area contributed by atoms with Crippen LogP contribution in [0.1, 0.15) is 36.7 Å². The fraction of sp³-hybridized carbons (Fsp3) is 0.529. The maximum atomic E-state index is 12.1. The second-order valence-corrected chi connectivity index (χ2v) is 7.38. The van der Waals surface area contributed by atoms with Crippen LogP contribution in [0.25, 0.3) is 0 Å². The summed E-state index contributed by atoms with van der Waals surface area (Å²) in [5.41, 5.74) is 1.50. The number of carbonyl (C=O) groups excluding carboxylic acids is 1. The minimum absolute atomic E-state index is 0.218. The van der Waals surface area contributed by atoms with Gasteiger partial charge in [-0.3, -0.25) is 0 Å². The summed E-state index contributed by atoms with van der Waals surface area (Å²) in [6.07, 6.45) is -0.312. The van der Waals surface area contributed by atoms with Crippen LogP contribution >= 0.6 is 12.6 Å². The molecule has 1 aromatic rings. The first-order valence-corrected chi connectivity index (χ1v) is 8.33. The molecule has 132 valence electrons. The van der Waals surface area contributed by atoms with E-state index in [1.807, 2.05) is 27.7 Å². The van der Waals surface area contributed by atoms with E-state index in [-0.39, 0.29) is 11.7 Å². The fourth-order valence-electron chi connectivity index (χ4n) is 2.59. The molecule has 1 N–H and O–H groups in total. The summed E-state index contributed by atoms with van der Waals surface area (Å²) in [5, 5.41) is 9.22. The van der Waals surface area contributed by atoms with Crippen LogP contribution in [0.4, 0.5) is 10.5 Å². The summed E-state index contributed by atoms with van der Waals surface area (Å²) < 4.78 is 5.39. The average Bonchev–Trinajstić information content (AvgIpc) is 2.48. The SMILES string of the molecule is Cc1c(S)cc(C(=O)O)cc1N1CCN(C(=O)OC(C)(C)C)CC1. The Balaban J connectivity index is 2.10. The van der Waals surface area contributed by atoms with Crippen molar-refractivity contribution < 1.29 is 19.4 Å². The molecular formula is C17H24N2O4S. The second-order valence-electron chi connectivity index (χ2n) is 6.90. The van der Waals surface area contributed by atoms with Crippen LogP contribution in [0.15, 0.2) is 17.0 Å². The Labute approximate surface area is 147 Å². The number of rotatable bonds is 2. The molecule has 1 saturated heterocycles. The third-order valence-electron chi connectivity index (χ3n) is 3.87. The minimum Gasteiger partial charge on any atom is -0.478 e. The number of ether oxygens (including phenoxy) is 1. The molecule has 6 nitrogen and oxygen atoms in total. The van der Waals surface area contributed by atoms with Gasteiger partial charge in [-0.2, -0.15) is 0 Å². The predicted octanol–water partition coefficient (Wildman–Crippen LogP) is 3.04. The lowest BCUT2D eigenvalue weighted by atomic mass is 10.1. The lowest BCUT2D eigenvalue weighted by molar-refractivity contribution is 0.0240. The standard InChI is InChI=1S/C17H24N2O4S/c1-11-13(9-12(15(20)21)10-14(11)24)18-5-7-19(8-6-18)16(22)23-17(2,3)4/h9-10,24H,5-8H2,1-4H3,(H,20,21). The van der Waals surface area contributed by atoms with Gasteiger partial charge in [0, 0.05) is 36.8 Å². The highest BCUT2D eigenvalue weighted by Gasteiger charge is 2.27. The van der Waals surface area contributed by atoms with Gasteiger partial charge in [0.25, 0.3) is 0 Å². The smallest absolute Gasteiger partial charge is 0.410 e. The van der Waals surface area contributed by atoms with Crippen LogP contribution < -0.4 is 4.90 Å². The number of hydrogen-bond acceptors (Lipinski definition) is 5. The van der Waals surface area contributed by atoms with Crippen molar-refractivity contribution in [2.75, 3.05) is 31.1 Å². The summed E-state index contributed by atoms with van der Waals surface area (Å²) >= 11 is 4.37. The summed E-state index contributed by atoms with van der Waals surface area (Å²) in [5.74, 6) is -0.973. The van der Waals surface area contributed by atoms with Gasteiger partial charge in [0.05, 0.1) is 5.56 Å². The van der Waals surface area contributed by atoms with Crippen LogP contribution in [0.5, 0.6) is 0 Å². The van der Waals surface area contributed by atoms with E-state index < -0.39 is 11.6 Å². The van der Waals surface area contributed by atoms with Gasteiger partial charge in [-0.05, 0) is 45.4 Å². The molecule has 0 unspecified atom stereocenters. The van der Waals surface area contributed by atoms with E-state index in [0.29, 0.717) is 31.1 Å².